The summed E-state index contributed by atoms with van der Waals surface area (Å²) in [5.74, 6) is 2.03. The van der Waals surface area contributed by atoms with Crippen LogP contribution in [0.25, 0.3) is 0 Å². The highest BCUT2D eigenvalue weighted by molar-refractivity contribution is 5.79. The second-order valence-electron chi connectivity index (χ2n) is 5.21. The van der Waals surface area contributed by atoms with Crippen LogP contribution >= 0.6 is 0 Å². The number of hydrogen-bond acceptors (Lipinski definition) is 2. The van der Waals surface area contributed by atoms with Gasteiger partial charge in [0.05, 0.1) is 0 Å². The van der Waals surface area contributed by atoms with E-state index >= 15 is 0 Å². The fourth-order valence-electron chi connectivity index (χ4n) is 2.88. The molecule has 0 amide bonds. The van der Waals surface area contributed by atoms with Crippen LogP contribution in [0, 0.1) is 11.8 Å². The van der Waals surface area contributed by atoms with Crippen molar-refractivity contribution < 1.29 is 4.79 Å². The Bertz CT molecular complexity index is 226. The SMILES string of the molecule is CC1CCN(C2CC(=O)CCC2C)C1. The second kappa shape index (κ2) is 4.01. The van der Waals surface area contributed by atoms with Crippen molar-refractivity contribution >= 4 is 5.78 Å². The molecule has 0 radical (unpaired) electrons. The normalized spacial score (nSPS) is 40.4. The highest BCUT2D eigenvalue weighted by atomic mass is 16.1. The zero-order chi connectivity index (χ0) is 10.1. The molecule has 0 aromatic rings. The molecule has 0 aromatic carbocycles. The van der Waals surface area contributed by atoms with E-state index in [9.17, 15) is 4.79 Å². The first kappa shape index (κ1) is 10.2. The first-order chi connectivity index (χ1) is 6.66. The van der Waals surface area contributed by atoms with Crippen molar-refractivity contribution in [1.82, 2.24) is 4.90 Å². The zero-order valence-electron chi connectivity index (χ0n) is 9.33. The molecule has 3 unspecified atom stereocenters. The van der Waals surface area contributed by atoms with Crippen molar-refractivity contribution in [2.75, 3.05) is 13.1 Å². The number of likely N-dealkylation sites (tertiary alicyclic amines) is 1. The van der Waals surface area contributed by atoms with Gasteiger partial charge in [-0.2, -0.15) is 0 Å². The van der Waals surface area contributed by atoms with Crippen LogP contribution in [0.2, 0.25) is 0 Å². The molecule has 2 rings (SSSR count). The minimum Gasteiger partial charge on any atom is -0.300 e. The second-order valence-corrected chi connectivity index (χ2v) is 5.21. The van der Waals surface area contributed by atoms with E-state index in [4.69, 9.17) is 0 Å². The van der Waals surface area contributed by atoms with Gasteiger partial charge in [-0.3, -0.25) is 9.69 Å². The van der Waals surface area contributed by atoms with Crippen molar-refractivity contribution in [2.45, 2.75) is 45.6 Å². The summed E-state index contributed by atoms with van der Waals surface area (Å²) in [6, 6.07) is 0.557. The van der Waals surface area contributed by atoms with Gasteiger partial charge >= 0.3 is 0 Å². The van der Waals surface area contributed by atoms with Crippen LogP contribution in [0.4, 0.5) is 0 Å². The van der Waals surface area contributed by atoms with Gasteiger partial charge in [0.2, 0.25) is 0 Å². The third kappa shape index (κ3) is 2.00. The number of ketones is 1. The summed E-state index contributed by atoms with van der Waals surface area (Å²) in [5, 5.41) is 0. The first-order valence-electron chi connectivity index (χ1n) is 5.92. The Kier molecular flexibility index (Phi) is 2.91. The van der Waals surface area contributed by atoms with Crippen LogP contribution < -0.4 is 0 Å². The molecule has 1 aliphatic carbocycles. The molecule has 1 saturated carbocycles. The molecular formula is C12H21NO. The van der Waals surface area contributed by atoms with Crippen LogP contribution in [-0.4, -0.2) is 29.8 Å². The Hall–Kier alpha value is -0.370. The molecule has 0 aromatic heterocycles. The highest BCUT2D eigenvalue weighted by Crippen LogP contribution is 2.29. The molecule has 80 valence electrons. The molecule has 2 nitrogen and oxygen atoms in total. The third-order valence-electron chi connectivity index (χ3n) is 3.90. The first-order valence-corrected chi connectivity index (χ1v) is 5.92. The van der Waals surface area contributed by atoms with Crippen molar-refractivity contribution in [3.63, 3.8) is 0 Å². The van der Waals surface area contributed by atoms with Crippen LogP contribution in [0.5, 0.6) is 0 Å². The lowest BCUT2D eigenvalue weighted by Crippen LogP contribution is -2.42. The molecule has 14 heavy (non-hydrogen) atoms. The Morgan fingerprint density at radius 1 is 1.29 bits per heavy atom. The molecule has 2 aliphatic rings. The van der Waals surface area contributed by atoms with Crippen LogP contribution in [0.1, 0.15) is 39.5 Å². The van der Waals surface area contributed by atoms with Crippen molar-refractivity contribution in [2.24, 2.45) is 11.8 Å². The minimum absolute atomic E-state index is 0.479. The van der Waals surface area contributed by atoms with Gasteiger partial charge in [0.15, 0.2) is 0 Å². The van der Waals surface area contributed by atoms with E-state index < -0.39 is 0 Å². The average molecular weight is 195 g/mol. The molecule has 1 saturated heterocycles. The van der Waals surface area contributed by atoms with Crippen molar-refractivity contribution in [3.8, 4) is 0 Å². The number of Topliss-reactive ketones (excluding diaryl/α,β-unsaturated/α-hetero) is 1. The maximum atomic E-state index is 11.4. The molecule has 3 atom stereocenters. The number of hydrogen-bond donors (Lipinski definition) is 0. The fraction of sp³-hybridized carbons (Fsp3) is 0.917. The van der Waals surface area contributed by atoms with E-state index in [1.165, 1.54) is 19.5 Å². The lowest BCUT2D eigenvalue weighted by molar-refractivity contribution is -0.123. The topological polar surface area (TPSA) is 20.3 Å². The lowest BCUT2D eigenvalue weighted by atomic mass is 9.84. The van der Waals surface area contributed by atoms with E-state index in [1.807, 2.05) is 0 Å². The molecule has 1 heterocycles. The van der Waals surface area contributed by atoms with Gasteiger partial charge in [0, 0.05) is 25.4 Å². The lowest BCUT2D eigenvalue weighted by Gasteiger charge is -2.35. The van der Waals surface area contributed by atoms with E-state index in [2.05, 4.69) is 18.7 Å². The molecule has 1 aliphatic heterocycles. The summed E-state index contributed by atoms with van der Waals surface area (Å²) in [7, 11) is 0. The van der Waals surface area contributed by atoms with Gasteiger partial charge in [-0.05, 0) is 31.2 Å². The van der Waals surface area contributed by atoms with Crippen LogP contribution in [-0.2, 0) is 4.79 Å². The zero-order valence-corrected chi connectivity index (χ0v) is 9.33. The Labute approximate surface area is 86.7 Å². The summed E-state index contributed by atoms with van der Waals surface area (Å²) >= 11 is 0. The summed E-state index contributed by atoms with van der Waals surface area (Å²) < 4.78 is 0. The summed E-state index contributed by atoms with van der Waals surface area (Å²) in [6.07, 6.45) is 4.06. The van der Waals surface area contributed by atoms with Crippen molar-refractivity contribution in [3.05, 3.63) is 0 Å². The average Bonchev–Trinajstić information content (AvgIpc) is 2.56. The Morgan fingerprint density at radius 2 is 2.07 bits per heavy atom. The van der Waals surface area contributed by atoms with E-state index in [-0.39, 0.29) is 0 Å². The minimum atomic E-state index is 0.479. The summed E-state index contributed by atoms with van der Waals surface area (Å²) in [5.41, 5.74) is 0. The molecular weight excluding hydrogens is 174 g/mol. The quantitative estimate of drug-likeness (QED) is 0.638. The smallest absolute Gasteiger partial charge is 0.134 e. The maximum Gasteiger partial charge on any atom is 0.134 e. The molecule has 2 heteroatoms. The molecule has 2 fully saturated rings. The van der Waals surface area contributed by atoms with Crippen molar-refractivity contribution in [1.29, 1.82) is 0 Å². The predicted octanol–water partition coefficient (Wildman–Crippen LogP) is 2.09. The standard InChI is InChI=1S/C12H21NO/c1-9-5-6-13(8-9)12-7-11(14)4-3-10(12)2/h9-10,12H,3-8H2,1-2H3. The van der Waals surface area contributed by atoms with Crippen LogP contribution in [0.15, 0.2) is 0 Å². The largest absolute Gasteiger partial charge is 0.300 e. The van der Waals surface area contributed by atoms with Gasteiger partial charge in [-0.15, -0.1) is 0 Å². The van der Waals surface area contributed by atoms with Gasteiger partial charge in [0.25, 0.3) is 0 Å². The Balaban J connectivity index is 1.97. The van der Waals surface area contributed by atoms with E-state index in [0.29, 0.717) is 11.8 Å². The highest BCUT2D eigenvalue weighted by Gasteiger charge is 2.33. The van der Waals surface area contributed by atoms with E-state index in [0.717, 1.165) is 31.1 Å². The monoisotopic (exact) mass is 195 g/mol. The van der Waals surface area contributed by atoms with Gasteiger partial charge in [0.1, 0.15) is 5.78 Å². The fourth-order valence-corrected chi connectivity index (χ4v) is 2.88. The van der Waals surface area contributed by atoms with Gasteiger partial charge in [-0.25, -0.2) is 0 Å². The van der Waals surface area contributed by atoms with Gasteiger partial charge < -0.3 is 0 Å². The predicted molar refractivity (Wildman–Crippen MR) is 57.2 cm³/mol. The molecule has 0 spiro atoms. The molecule has 0 bridgehead atoms. The number of carbonyl (C=O) groups is 1. The maximum absolute atomic E-state index is 11.4. The van der Waals surface area contributed by atoms with E-state index in [1.54, 1.807) is 0 Å². The third-order valence-corrected chi connectivity index (χ3v) is 3.90. The summed E-state index contributed by atoms with van der Waals surface area (Å²) in [4.78, 5) is 14.0. The number of rotatable bonds is 1. The van der Waals surface area contributed by atoms with Crippen LogP contribution in [0.3, 0.4) is 0 Å². The summed E-state index contributed by atoms with van der Waals surface area (Å²) in [6.45, 7) is 7.04. The Morgan fingerprint density at radius 3 is 2.71 bits per heavy atom. The van der Waals surface area contributed by atoms with Gasteiger partial charge in [-0.1, -0.05) is 13.8 Å². The number of nitrogens with zero attached hydrogens (tertiary/aromatic N) is 1. The molecule has 0 N–H and O–H groups in total. The number of carbonyl (C=O) groups excluding carboxylic acids is 1.